The van der Waals surface area contributed by atoms with Crippen molar-refractivity contribution in [3.8, 4) is 0 Å². The van der Waals surface area contributed by atoms with E-state index < -0.39 is 0 Å². The van der Waals surface area contributed by atoms with Crippen molar-refractivity contribution in [2.24, 2.45) is 0 Å². The fourth-order valence-corrected chi connectivity index (χ4v) is 1.76. The predicted molar refractivity (Wildman–Crippen MR) is 56.7 cm³/mol. The molecule has 1 aromatic heterocycles. The van der Waals surface area contributed by atoms with Gasteiger partial charge < -0.3 is 9.64 Å². The van der Waals surface area contributed by atoms with Crippen LogP contribution in [0.3, 0.4) is 0 Å². The molecule has 1 fully saturated rings. The highest BCUT2D eigenvalue weighted by atomic mass is 16.5. The molecule has 76 valence electrons. The Morgan fingerprint density at radius 3 is 2.71 bits per heavy atom. The number of nitrogens with zero attached hydrogens (tertiary/aromatic N) is 2. The van der Waals surface area contributed by atoms with Crippen LogP contribution < -0.4 is 4.90 Å². The van der Waals surface area contributed by atoms with E-state index in [1.54, 1.807) is 0 Å². The van der Waals surface area contributed by atoms with Gasteiger partial charge in [0, 0.05) is 30.7 Å². The van der Waals surface area contributed by atoms with Crippen LogP contribution >= 0.6 is 0 Å². The lowest BCUT2D eigenvalue weighted by atomic mass is 10.2. The van der Waals surface area contributed by atoms with Crippen molar-refractivity contribution >= 4 is 5.69 Å². The monoisotopic (exact) mass is 192 g/mol. The average Bonchev–Trinajstić information content (AvgIpc) is 2.23. The zero-order valence-corrected chi connectivity index (χ0v) is 8.79. The molecule has 0 bridgehead atoms. The summed E-state index contributed by atoms with van der Waals surface area (Å²) in [5.74, 6) is 0. The summed E-state index contributed by atoms with van der Waals surface area (Å²) in [6.07, 6.45) is 1.94. The molecule has 1 aliphatic heterocycles. The molecule has 2 rings (SSSR count). The molecular formula is C11H16N2O. The minimum Gasteiger partial charge on any atom is -0.378 e. The third kappa shape index (κ3) is 1.87. The van der Waals surface area contributed by atoms with Crippen molar-refractivity contribution in [1.82, 2.24) is 4.98 Å². The minimum absolute atomic E-state index is 0.834. The second-order valence-corrected chi connectivity index (χ2v) is 3.71. The van der Waals surface area contributed by atoms with Gasteiger partial charge in [-0.2, -0.15) is 0 Å². The van der Waals surface area contributed by atoms with Gasteiger partial charge in [0.05, 0.1) is 13.2 Å². The number of rotatable bonds is 1. The molecule has 0 atom stereocenters. The van der Waals surface area contributed by atoms with Crippen LogP contribution in [0.5, 0.6) is 0 Å². The SMILES string of the molecule is Cc1cc(N2CCOCC2)c(C)cn1. The molecule has 3 heteroatoms. The van der Waals surface area contributed by atoms with E-state index in [4.69, 9.17) is 4.74 Å². The van der Waals surface area contributed by atoms with Gasteiger partial charge in [-0.1, -0.05) is 0 Å². The Balaban J connectivity index is 2.24. The van der Waals surface area contributed by atoms with Crippen molar-refractivity contribution in [3.05, 3.63) is 23.5 Å². The number of aromatic nitrogens is 1. The number of hydrogen-bond donors (Lipinski definition) is 0. The van der Waals surface area contributed by atoms with E-state index in [-0.39, 0.29) is 0 Å². The molecule has 0 unspecified atom stereocenters. The summed E-state index contributed by atoms with van der Waals surface area (Å²) in [5.41, 5.74) is 3.63. The predicted octanol–water partition coefficient (Wildman–Crippen LogP) is 1.54. The molecule has 0 saturated carbocycles. The fraction of sp³-hybridized carbons (Fsp3) is 0.545. The molecule has 1 saturated heterocycles. The summed E-state index contributed by atoms with van der Waals surface area (Å²) in [6, 6.07) is 2.15. The Morgan fingerprint density at radius 2 is 2.00 bits per heavy atom. The van der Waals surface area contributed by atoms with Crippen LogP contribution in [0, 0.1) is 13.8 Å². The standard InChI is InChI=1S/C11H16N2O/c1-9-8-12-10(2)7-11(9)13-3-5-14-6-4-13/h7-8H,3-6H2,1-2H3. The van der Waals surface area contributed by atoms with E-state index in [1.807, 2.05) is 13.1 Å². The summed E-state index contributed by atoms with van der Waals surface area (Å²) in [5, 5.41) is 0. The zero-order valence-electron chi connectivity index (χ0n) is 8.79. The first-order valence-electron chi connectivity index (χ1n) is 5.03. The maximum atomic E-state index is 5.33. The van der Waals surface area contributed by atoms with Crippen molar-refractivity contribution in [2.45, 2.75) is 13.8 Å². The normalized spacial score (nSPS) is 17.1. The molecule has 14 heavy (non-hydrogen) atoms. The second-order valence-electron chi connectivity index (χ2n) is 3.71. The van der Waals surface area contributed by atoms with Crippen LogP contribution in [0.25, 0.3) is 0 Å². The van der Waals surface area contributed by atoms with Crippen LogP contribution in [0.1, 0.15) is 11.3 Å². The summed E-state index contributed by atoms with van der Waals surface area (Å²) in [6.45, 7) is 7.79. The molecular weight excluding hydrogens is 176 g/mol. The van der Waals surface area contributed by atoms with E-state index >= 15 is 0 Å². The molecule has 1 aliphatic rings. The lowest BCUT2D eigenvalue weighted by Gasteiger charge is -2.30. The highest BCUT2D eigenvalue weighted by molar-refractivity contribution is 5.53. The fourth-order valence-electron chi connectivity index (χ4n) is 1.76. The zero-order chi connectivity index (χ0) is 9.97. The van der Waals surface area contributed by atoms with Gasteiger partial charge >= 0.3 is 0 Å². The molecule has 0 spiro atoms. The summed E-state index contributed by atoms with van der Waals surface area (Å²) < 4.78 is 5.33. The summed E-state index contributed by atoms with van der Waals surface area (Å²) in [4.78, 5) is 6.64. The number of aryl methyl sites for hydroxylation is 2. The molecule has 0 aliphatic carbocycles. The Hall–Kier alpha value is -1.09. The quantitative estimate of drug-likeness (QED) is 0.674. The number of morpholine rings is 1. The molecule has 0 aromatic carbocycles. The molecule has 0 N–H and O–H groups in total. The van der Waals surface area contributed by atoms with E-state index in [9.17, 15) is 0 Å². The summed E-state index contributed by atoms with van der Waals surface area (Å²) in [7, 11) is 0. The number of anilines is 1. The Bertz CT molecular complexity index is 319. The molecule has 0 radical (unpaired) electrons. The number of pyridine rings is 1. The largest absolute Gasteiger partial charge is 0.378 e. The smallest absolute Gasteiger partial charge is 0.0642 e. The highest BCUT2D eigenvalue weighted by Crippen LogP contribution is 2.20. The van der Waals surface area contributed by atoms with Gasteiger partial charge in [0.2, 0.25) is 0 Å². The summed E-state index contributed by atoms with van der Waals surface area (Å²) >= 11 is 0. The van der Waals surface area contributed by atoms with Crippen molar-refractivity contribution in [2.75, 3.05) is 31.2 Å². The van der Waals surface area contributed by atoms with Gasteiger partial charge in [-0.25, -0.2) is 0 Å². The first kappa shape index (κ1) is 9.46. The lowest BCUT2D eigenvalue weighted by molar-refractivity contribution is 0.122. The van der Waals surface area contributed by atoms with Gasteiger partial charge in [-0.3, -0.25) is 4.98 Å². The number of hydrogen-bond acceptors (Lipinski definition) is 3. The molecule has 3 nitrogen and oxygen atoms in total. The molecule has 2 heterocycles. The topological polar surface area (TPSA) is 25.4 Å². The maximum absolute atomic E-state index is 5.33. The van der Waals surface area contributed by atoms with Crippen LogP contribution in [0.2, 0.25) is 0 Å². The van der Waals surface area contributed by atoms with Gasteiger partial charge in [-0.15, -0.1) is 0 Å². The highest BCUT2D eigenvalue weighted by Gasteiger charge is 2.13. The Labute approximate surface area is 84.7 Å². The van der Waals surface area contributed by atoms with Crippen LogP contribution in [-0.4, -0.2) is 31.3 Å². The Morgan fingerprint density at radius 1 is 1.29 bits per heavy atom. The van der Waals surface area contributed by atoms with Crippen LogP contribution in [0.4, 0.5) is 5.69 Å². The third-order valence-corrected chi connectivity index (χ3v) is 2.56. The molecule has 1 aromatic rings. The van der Waals surface area contributed by atoms with Gasteiger partial charge in [0.15, 0.2) is 0 Å². The number of ether oxygens (including phenoxy) is 1. The van der Waals surface area contributed by atoms with Crippen LogP contribution in [0.15, 0.2) is 12.3 Å². The maximum Gasteiger partial charge on any atom is 0.0642 e. The van der Waals surface area contributed by atoms with E-state index in [1.165, 1.54) is 11.3 Å². The average molecular weight is 192 g/mol. The van der Waals surface area contributed by atoms with E-state index in [0.717, 1.165) is 32.0 Å². The van der Waals surface area contributed by atoms with Crippen molar-refractivity contribution < 1.29 is 4.74 Å². The van der Waals surface area contributed by atoms with Gasteiger partial charge in [-0.05, 0) is 25.5 Å². The van der Waals surface area contributed by atoms with E-state index in [0.29, 0.717) is 0 Å². The van der Waals surface area contributed by atoms with Gasteiger partial charge in [0.1, 0.15) is 0 Å². The Kier molecular flexibility index (Phi) is 2.68. The third-order valence-electron chi connectivity index (χ3n) is 2.56. The first-order valence-corrected chi connectivity index (χ1v) is 5.03. The van der Waals surface area contributed by atoms with E-state index in [2.05, 4.69) is 22.9 Å². The first-order chi connectivity index (χ1) is 6.77. The lowest BCUT2D eigenvalue weighted by Crippen LogP contribution is -2.36. The van der Waals surface area contributed by atoms with Gasteiger partial charge in [0.25, 0.3) is 0 Å². The second kappa shape index (κ2) is 3.96. The van der Waals surface area contributed by atoms with Crippen molar-refractivity contribution in [3.63, 3.8) is 0 Å². The minimum atomic E-state index is 0.834. The van der Waals surface area contributed by atoms with Crippen LogP contribution in [-0.2, 0) is 4.74 Å². The van der Waals surface area contributed by atoms with Crippen molar-refractivity contribution in [1.29, 1.82) is 0 Å². The molecule has 0 amide bonds.